The van der Waals surface area contributed by atoms with Gasteiger partial charge in [-0.05, 0) is 50.2 Å². The molecule has 0 aliphatic heterocycles. The minimum absolute atomic E-state index is 0.0352. The summed E-state index contributed by atoms with van der Waals surface area (Å²) in [6.45, 7) is 3.45. The van der Waals surface area contributed by atoms with Gasteiger partial charge >= 0.3 is 0 Å². The average molecular weight is 372 g/mol. The largest absolute Gasteiger partial charge is 0.308 e. The Kier molecular flexibility index (Phi) is 5.63. The molecule has 0 radical (unpaired) electrons. The van der Waals surface area contributed by atoms with E-state index in [0.717, 1.165) is 32.3 Å². The lowest BCUT2D eigenvalue weighted by atomic mass is 10.2. The predicted octanol–water partition coefficient (Wildman–Crippen LogP) is 4.27. The van der Waals surface area contributed by atoms with Crippen LogP contribution in [0.15, 0.2) is 41.8 Å². The third kappa shape index (κ3) is 4.34. The lowest BCUT2D eigenvalue weighted by Gasteiger charge is -2.20. The van der Waals surface area contributed by atoms with Crippen molar-refractivity contribution in [3.63, 3.8) is 0 Å². The molecule has 0 saturated heterocycles. The number of carbonyl (C=O) groups excluding carboxylic acids is 1. The van der Waals surface area contributed by atoms with Crippen molar-refractivity contribution >= 4 is 50.0 Å². The van der Waals surface area contributed by atoms with Crippen LogP contribution in [0.5, 0.6) is 0 Å². The van der Waals surface area contributed by atoms with Gasteiger partial charge in [-0.1, -0.05) is 29.5 Å². The number of likely N-dealkylation sites (N-methyl/N-ethyl adjacent to an activating group) is 1. The van der Waals surface area contributed by atoms with Crippen molar-refractivity contribution in [3.05, 3.63) is 52.2 Å². The molecular weight excluding hydrogens is 350 g/mol. The van der Waals surface area contributed by atoms with Crippen LogP contribution in [0.3, 0.4) is 0 Å². The zero-order valence-electron chi connectivity index (χ0n) is 14.6. The summed E-state index contributed by atoms with van der Waals surface area (Å²) in [6.07, 6.45) is 3.51. The summed E-state index contributed by atoms with van der Waals surface area (Å²) in [5.41, 5.74) is 2.11. The molecule has 0 aliphatic rings. The van der Waals surface area contributed by atoms with Gasteiger partial charge in [0, 0.05) is 24.0 Å². The van der Waals surface area contributed by atoms with Crippen LogP contribution in [0.4, 0.5) is 5.13 Å². The summed E-state index contributed by atoms with van der Waals surface area (Å²) in [7, 11) is 4.01. The molecule has 0 bridgehead atoms. The molecule has 6 heteroatoms. The first-order valence-electron chi connectivity index (χ1n) is 8.08. The Bertz CT molecular complexity index is 881. The highest BCUT2D eigenvalue weighted by molar-refractivity contribution is 7.22. The van der Waals surface area contributed by atoms with Crippen LogP contribution < -0.4 is 4.90 Å². The number of anilines is 1. The van der Waals surface area contributed by atoms with E-state index >= 15 is 0 Å². The van der Waals surface area contributed by atoms with E-state index in [2.05, 4.69) is 24.0 Å². The second-order valence-corrected chi connectivity index (χ2v) is 8.05. The number of nitrogens with zero attached hydrogens (tertiary/aromatic N) is 3. The van der Waals surface area contributed by atoms with E-state index in [1.165, 1.54) is 0 Å². The number of benzene rings is 1. The monoisotopic (exact) mass is 371 g/mol. The molecule has 0 aliphatic carbocycles. The predicted molar refractivity (Wildman–Crippen MR) is 109 cm³/mol. The van der Waals surface area contributed by atoms with E-state index in [-0.39, 0.29) is 5.91 Å². The normalized spacial score (nSPS) is 11.7. The van der Waals surface area contributed by atoms with Gasteiger partial charge in [-0.3, -0.25) is 9.69 Å². The molecule has 130 valence electrons. The zero-order chi connectivity index (χ0) is 17.8. The number of hydrogen-bond donors (Lipinski definition) is 0. The van der Waals surface area contributed by atoms with Gasteiger partial charge in [0.25, 0.3) is 5.91 Å². The summed E-state index contributed by atoms with van der Waals surface area (Å²) < 4.78 is 1.11. The average Bonchev–Trinajstić information content (AvgIpc) is 3.22. The first-order valence-corrected chi connectivity index (χ1v) is 9.78. The van der Waals surface area contributed by atoms with Crippen molar-refractivity contribution in [3.8, 4) is 0 Å². The maximum absolute atomic E-state index is 12.8. The van der Waals surface area contributed by atoms with Crippen LogP contribution in [-0.4, -0.2) is 43.0 Å². The van der Waals surface area contributed by atoms with Gasteiger partial charge in [-0.25, -0.2) is 4.98 Å². The molecule has 4 nitrogen and oxygen atoms in total. The van der Waals surface area contributed by atoms with Gasteiger partial charge in [-0.2, -0.15) is 0 Å². The molecule has 1 amide bonds. The number of amides is 1. The Hall–Kier alpha value is -2.02. The van der Waals surface area contributed by atoms with E-state index in [9.17, 15) is 4.79 Å². The third-order valence-electron chi connectivity index (χ3n) is 3.81. The molecule has 1 aromatic carbocycles. The van der Waals surface area contributed by atoms with Crippen LogP contribution >= 0.6 is 22.7 Å². The van der Waals surface area contributed by atoms with Crippen molar-refractivity contribution < 1.29 is 4.79 Å². The Morgan fingerprint density at radius 2 is 2.04 bits per heavy atom. The maximum atomic E-state index is 12.8. The highest BCUT2D eigenvalue weighted by Gasteiger charge is 2.18. The van der Waals surface area contributed by atoms with Crippen molar-refractivity contribution in [2.75, 3.05) is 32.1 Å². The van der Waals surface area contributed by atoms with Crippen molar-refractivity contribution in [1.29, 1.82) is 0 Å². The number of fused-ring (bicyclic) bond motifs is 1. The number of hydrogen-bond acceptors (Lipinski definition) is 5. The molecule has 0 N–H and O–H groups in total. The molecule has 25 heavy (non-hydrogen) atoms. The summed E-state index contributed by atoms with van der Waals surface area (Å²) in [4.78, 5) is 22.4. The van der Waals surface area contributed by atoms with Gasteiger partial charge < -0.3 is 4.90 Å². The fraction of sp³-hybridized carbons (Fsp3) is 0.263. The first kappa shape index (κ1) is 17.8. The van der Waals surface area contributed by atoms with Crippen LogP contribution in [0.1, 0.15) is 10.4 Å². The van der Waals surface area contributed by atoms with Crippen molar-refractivity contribution in [2.45, 2.75) is 6.92 Å². The van der Waals surface area contributed by atoms with E-state index in [0.29, 0.717) is 6.54 Å². The summed E-state index contributed by atoms with van der Waals surface area (Å²) in [6, 6.07) is 10.1. The van der Waals surface area contributed by atoms with Crippen molar-refractivity contribution in [2.24, 2.45) is 0 Å². The zero-order valence-corrected chi connectivity index (χ0v) is 16.2. The Morgan fingerprint density at radius 1 is 1.20 bits per heavy atom. The second kappa shape index (κ2) is 7.91. The molecule has 0 fully saturated rings. The minimum atomic E-state index is -0.0352. The number of aryl methyl sites for hydroxylation is 1. The smallest absolute Gasteiger partial charge is 0.252 e. The van der Waals surface area contributed by atoms with Gasteiger partial charge in [0.2, 0.25) is 0 Å². The number of thiazole rings is 1. The van der Waals surface area contributed by atoms with Crippen molar-refractivity contribution in [1.82, 2.24) is 9.88 Å². The lowest BCUT2D eigenvalue weighted by molar-refractivity contribution is -0.114. The number of para-hydroxylation sites is 1. The molecule has 0 unspecified atom stereocenters. The topological polar surface area (TPSA) is 36.4 Å². The molecule has 3 rings (SSSR count). The Morgan fingerprint density at radius 3 is 2.72 bits per heavy atom. The van der Waals surface area contributed by atoms with Gasteiger partial charge in [-0.15, -0.1) is 11.3 Å². The highest BCUT2D eigenvalue weighted by Crippen LogP contribution is 2.30. The van der Waals surface area contributed by atoms with E-state index in [1.54, 1.807) is 33.6 Å². The Labute approximate surface area is 156 Å². The number of carbonyl (C=O) groups is 1. The molecule has 0 atom stereocenters. The van der Waals surface area contributed by atoms with E-state index in [4.69, 9.17) is 4.98 Å². The fourth-order valence-corrected chi connectivity index (χ4v) is 4.11. The Balaban J connectivity index is 1.89. The van der Waals surface area contributed by atoms with E-state index < -0.39 is 0 Å². The molecular formula is C19H21N3OS2. The lowest BCUT2D eigenvalue weighted by Crippen LogP contribution is -2.35. The molecule has 2 heterocycles. The van der Waals surface area contributed by atoms with Gasteiger partial charge in [0.15, 0.2) is 5.13 Å². The molecule has 2 aromatic heterocycles. The second-order valence-electron chi connectivity index (χ2n) is 6.06. The van der Waals surface area contributed by atoms with E-state index in [1.807, 2.05) is 43.8 Å². The first-order chi connectivity index (χ1) is 12.0. The SMILES string of the molecule is Cc1cccc2sc(N(CCN(C)C)C(=O)C=Cc3cccs3)nc12. The highest BCUT2D eigenvalue weighted by atomic mass is 32.1. The number of aromatic nitrogens is 1. The fourth-order valence-electron chi connectivity index (χ4n) is 2.42. The third-order valence-corrected chi connectivity index (χ3v) is 5.69. The molecule has 0 saturated carbocycles. The van der Waals surface area contributed by atoms with Gasteiger partial charge in [0.05, 0.1) is 10.2 Å². The quantitative estimate of drug-likeness (QED) is 0.607. The van der Waals surface area contributed by atoms with Crippen LogP contribution in [0.25, 0.3) is 16.3 Å². The standard InChI is InChI=1S/C19H21N3OS2/c1-14-6-4-8-16-18(14)20-19(25-16)22(12-11-21(2)3)17(23)10-9-15-7-5-13-24-15/h4-10,13H,11-12H2,1-3H3. The van der Waals surface area contributed by atoms with Crippen LogP contribution in [-0.2, 0) is 4.79 Å². The summed E-state index contributed by atoms with van der Waals surface area (Å²) in [5, 5.41) is 2.76. The maximum Gasteiger partial charge on any atom is 0.252 e. The van der Waals surface area contributed by atoms with Gasteiger partial charge in [0.1, 0.15) is 0 Å². The molecule has 0 spiro atoms. The minimum Gasteiger partial charge on any atom is -0.308 e. The molecule has 3 aromatic rings. The number of thiophene rings is 1. The summed E-state index contributed by atoms with van der Waals surface area (Å²) in [5.74, 6) is -0.0352. The number of rotatable bonds is 6. The van der Waals surface area contributed by atoms with Crippen LogP contribution in [0.2, 0.25) is 0 Å². The van der Waals surface area contributed by atoms with Crippen LogP contribution in [0, 0.1) is 6.92 Å². The summed E-state index contributed by atoms with van der Waals surface area (Å²) >= 11 is 3.18.